The van der Waals surface area contributed by atoms with E-state index in [4.69, 9.17) is 5.73 Å². The first-order valence-corrected chi connectivity index (χ1v) is 30.8. The highest BCUT2D eigenvalue weighted by atomic mass is 32.1. The van der Waals surface area contributed by atoms with Gasteiger partial charge in [-0.25, -0.2) is 4.79 Å². The summed E-state index contributed by atoms with van der Waals surface area (Å²) < 4.78 is 0. The highest BCUT2D eigenvalue weighted by Crippen LogP contribution is 2.21. The number of thiol groups is 2. The molecule has 9 amide bonds. The Morgan fingerprint density at radius 3 is 1.25 bits per heavy atom. The van der Waals surface area contributed by atoms with E-state index in [0.717, 1.165) is 6.92 Å². The molecule has 0 saturated heterocycles. The minimum Gasteiger partial charge on any atom is -0.508 e. The minimum absolute atomic E-state index is 0.0420. The van der Waals surface area contributed by atoms with Crippen LogP contribution in [0.25, 0.3) is 10.9 Å². The Bertz CT molecular complexity index is 3280. The lowest BCUT2D eigenvalue weighted by atomic mass is 9.99. The summed E-state index contributed by atoms with van der Waals surface area (Å²) in [7, 11) is 0. The number of aromatic amines is 1. The van der Waals surface area contributed by atoms with Crippen LogP contribution < -0.4 is 53.6 Å². The third kappa shape index (κ3) is 22.9. The van der Waals surface area contributed by atoms with E-state index in [0.29, 0.717) is 39.6 Å². The number of benzene rings is 4. The molecule has 0 saturated carbocycles. The molecule has 91 heavy (non-hydrogen) atoms. The van der Waals surface area contributed by atoms with Gasteiger partial charge in [-0.2, -0.15) is 25.3 Å². The molecule has 0 bridgehead atoms. The van der Waals surface area contributed by atoms with E-state index in [9.17, 15) is 73.5 Å². The van der Waals surface area contributed by atoms with E-state index in [-0.39, 0.29) is 61.2 Å². The number of aliphatic hydroxyl groups excluding tert-OH is 2. The van der Waals surface area contributed by atoms with Gasteiger partial charge in [0.2, 0.25) is 53.2 Å². The number of aliphatic carboxylic acids is 1. The average molecular weight is 1300 g/mol. The molecule has 17 N–H and O–H groups in total. The molecule has 492 valence electrons. The summed E-state index contributed by atoms with van der Waals surface area (Å²) in [4.78, 5) is 142. The summed E-state index contributed by atoms with van der Waals surface area (Å²) >= 11 is 8.54. The molecular weight excluding hydrogens is 1210 g/mol. The maximum atomic E-state index is 14.8. The topological polar surface area (TPSA) is 422 Å². The number of phenols is 2. The quantitative estimate of drug-likeness (QED) is 0.0237. The molecule has 26 nitrogen and oxygen atoms in total. The zero-order valence-corrected chi connectivity index (χ0v) is 52.8. The fourth-order valence-corrected chi connectivity index (χ4v) is 10.2. The number of carboxylic acid groups (broad SMARTS) is 1. The smallest absolute Gasteiger partial charge is 0.328 e. The summed E-state index contributed by atoms with van der Waals surface area (Å²) in [6.07, 6.45) is -0.463. The van der Waals surface area contributed by atoms with Crippen LogP contribution in [0.5, 0.6) is 11.5 Å². The van der Waals surface area contributed by atoms with Gasteiger partial charge in [0.05, 0.1) is 18.8 Å². The standard InChI is InChI=1S/C63H83N11O15S2/c1-33(2)23-43(64)54(79)72-51(31-90)61(86)68-46(25-36-11-7-6-8-12-36)57(82)71-50(30-75)60(85)73-52(32-91)62(87)69-47(26-37-15-19-40(77)20-16-37)56(81)66-45(24-34(3)4)55(80)70-49(28-39-29-65-44-14-10-9-13-42(39)44)58(83)67-48(27-38-17-21-41(78)22-18-38)59(84)74-53(35(5)76)63(88)89/h6-22,29,33-35,43,45-53,65,75-78,90-91H,23-28,30-32,64H2,1-5H3,(H,66,81)(H,67,83)(H,68,86)(H,69,87)(H,70,80)(H,71,82)(H,72,79)(H,73,85)(H,74,84)(H,88,89)/t35-,43+,45+,46+,47+,48+,49+,50-,51+,52+,53+/m1/s1. The number of carbonyl (C=O) groups is 10. The highest BCUT2D eigenvalue weighted by Gasteiger charge is 2.37. The number of carbonyl (C=O) groups excluding carboxylic acids is 9. The molecule has 28 heteroatoms. The zero-order valence-electron chi connectivity index (χ0n) is 51.1. The minimum atomic E-state index is -1.79. The van der Waals surface area contributed by atoms with E-state index in [1.807, 2.05) is 13.8 Å². The van der Waals surface area contributed by atoms with Crippen LogP contribution >= 0.6 is 25.3 Å². The number of nitrogens with two attached hydrogens (primary N) is 1. The molecule has 5 aromatic rings. The third-order valence-corrected chi connectivity index (χ3v) is 15.3. The number of fused-ring (bicyclic) bond motifs is 1. The van der Waals surface area contributed by atoms with Crippen molar-refractivity contribution in [3.63, 3.8) is 0 Å². The number of phenolic OH excluding ortho intramolecular Hbond substituents is 2. The number of H-pyrrole nitrogens is 1. The molecule has 1 heterocycles. The Hall–Kier alpha value is -8.70. The van der Waals surface area contributed by atoms with Crippen LogP contribution in [0.3, 0.4) is 0 Å². The fourth-order valence-electron chi connectivity index (χ4n) is 9.67. The second-order valence-corrected chi connectivity index (χ2v) is 23.7. The summed E-state index contributed by atoms with van der Waals surface area (Å²) in [6, 6.07) is 12.3. The van der Waals surface area contributed by atoms with Crippen molar-refractivity contribution >= 4 is 95.3 Å². The summed E-state index contributed by atoms with van der Waals surface area (Å²) in [5, 5.41) is 74.3. The SMILES string of the molecule is CC(C)C[C@H](NC(=O)[C@H](Cc1ccc(O)cc1)NC(=O)[C@H](CS)NC(=O)[C@@H](CO)NC(=O)[C@H](Cc1ccccc1)NC(=O)[C@H](CS)NC(=O)[C@@H](N)CC(C)C)C(=O)N[C@@H](Cc1c[nH]c2ccccc12)C(=O)N[C@@H](Cc1ccc(O)cc1)C(=O)N[C@H](C(=O)O)[C@@H](C)O. The van der Waals surface area contributed by atoms with Crippen molar-refractivity contribution in [2.45, 2.75) is 140 Å². The molecule has 5 rings (SSSR count). The van der Waals surface area contributed by atoms with E-state index < -0.39 is 138 Å². The number of hydrogen-bond acceptors (Lipinski definition) is 17. The van der Waals surface area contributed by atoms with Crippen molar-refractivity contribution in [1.82, 2.24) is 52.8 Å². The van der Waals surface area contributed by atoms with Gasteiger partial charge >= 0.3 is 5.97 Å². The first kappa shape index (κ1) is 73.0. The Kier molecular flexibility index (Phi) is 28.6. The third-order valence-electron chi connectivity index (χ3n) is 14.6. The molecule has 0 aliphatic carbocycles. The fraction of sp³-hybridized carbons (Fsp3) is 0.429. The zero-order chi connectivity index (χ0) is 67.1. The summed E-state index contributed by atoms with van der Waals surface area (Å²) in [6.45, 7) is 7.42. The number of nitrogens with one attached hydrogen (secondary N) is 10. The maximum absolute atomic E-state index is 14.8. The second-order valence-electron chi connectivity index (χ2n) is 23.0. The number of carboxylic acids is 1. The number of aromatic nitrogens is 1. The van der Waals surface area contributed by atoms with Gasteiger partial charge in [-0.05, 0) is 84.2 Å². The Morgan fingerprint density at radius 2 is 0.813 bits per heavy atom. The number of aliphatic hydroxyl groups is 2. The van der Waals surface area contributed by atoms with Gasteiger partial charge in [0.15, 0.2) is 6.04 Å². The molecule has 0 radical (unpaired) electrons. The lowest BCUT2D eigenvalue weighted by Gasteiger charge is -2.28. The number of para-hydroxylation sites is 1. The van der Waals surface area contributed by atoms with Crippen molar-refractivity contribution in [2.75, 3.05) is 18.1 Å². The van der Waals surface area contributed by atoms with Crippen molar-refractivity contribution in [3.05, 3.63) is 132 Å². The molecule has 0 fully saturated rings. The van der Waals surface area contributed by atoms with E-state index in [1.54, 1.807) is 74.6 Å². The number of aromatic hydroxyl groups is 2. The number of amides is 9. The first-order chi connectivity index (χ1) is 43.2. The molecule has 0 aliphatic rings. The van der Waals surface area contributed by atoms with Gasteiger partial charge in [0.25, 0.3) is 0 Å². The lowest BCUT2D eigenvalue weighted by molar-refractivity contribution is -0.145. The van der Waals surface area contributed by atoms with E-state index in [1.165, 1.54) is 48.5 Å². The number of rotatable bonds is 35. The van der Waals surface area contributed by atoms with Crippen LogP contribution in [0.15, 0.2) is 109 Å². The predicted octanol–water partition coefficient (Wildman–Crippen LogP) is -0.0503. The van der Waals surface area contributed by atoms with Gasteiger partial charge < -0.3 is 84.1 Å². The van der Waals surface area contributed by atoms with Gasteiger partial charge in [-0.15, -0.1) is 0 Å². The van der Waals surface area contributed by atoms with Crippen LogP contribution in [-0.2, 0) is 73.6 Å². The Labute approximate surface area is 537 Å². The normalized spacial score (nSPS) is 14.9. The van der Waals surface area contributed by atoms with Crippen LogP contribution in [-0.4, -0.2) is 174 Å². The van der Waals surface area contributed by atoms with Gasteiger partial charge in [-0.3, -0.25) is 43.2 Å². The Balaban J connectivity index is 1.39. The van der Waals surface area contributed by atoms with Gasteiger partial charge in [-0.1, -0.05) is 100 Å². The largest absolute Gasteiger partial charge is 0.508 e. The van der Waals surface area contributed by atoms with E-state index in [2.05, 4.69) is 78.1 Å². The van der Waals surface area contributed by atoms with E-state index >= 15 is 0 Å². The summed E-state index contributed by atoms with van der Waals surface area (Å²) in [5.41, 5.74) is 8.72. The molecule has 11 atom stereocenters. The predicted molar refractivity (Wildman–Crippen MR) is 344 cm³/mol. The van der Waals surface area contributed by atoms with Crippen molar-refractivity contribution in [1.29, 1.82) is 0 Å². The van der Waals surface area contributed by atoms with Crippen molar-refractivity contribution < 1.29 is 73.5 Å². The second kappa shape index (κ2) is 35.6. The Morgan fingerprint density at radius 1 is 0.451 bits per heavy atom. The molecular formula is C63H83N11O15S2. The molecule has 0 unspecified atom stereocenters. The molecule has 0 spiro atoms. The van der Waals surface area contributed by atoms with Gasteiger partial charge in [0.1, 0.15) is 59.8 Å². The van der Waals surface area contributed by atoms with Gasteiger partial charge in [0, 0.05) is 54.3 Å². The average Bonchev–Trinajstić information content (AvgIpc) is 1.98. The maximum Gasteiger partial charge on any atom is 0.328 e. The monoisotopic (exact) mass is 1300 g/mol. The molecule has 4 aromatic carbocycles. The lowest BCUT2D eigenvalue weighted by Crippen LogP contribution is -2.62. The first-order valence-electron chi connectivity index (χ1n) is 29.6. The number of hydrogen-bond donors (Lipinski definition) is 18. The van der Waals surface area contributed by atoms with Crippen molar-refractivity contribution in [2.24, 2.45) is 17.6 Å². The van der Waals surface area contributed by atoms with Crippen molar-refractivity contribution in [3.8, 4) is 11.5 Å². The summed E-state index contributed by atoms with van der Waals surface area (Å²) in [5.74, 6) is -10.7. The highest BCUT2D eigenvalue weighted by molar-refractivity contribution is 7.80. The molecule has 0 aliphatic heterocycles. The van der Waals surface area contributed by atoms with Crippen LogP contribution in [0.4, 0.5) is 0 Å². The molecule has 1 aromatic heterocycles. The van der Waals surface area contributed by atoms with Crippen LogP contribution in [0, 0.1) is 11.8 Å². The van der Waals surface area contributed by atoms with Crippen LogP contribution in [0.2, 0.25) is 0 Å². The van der Waals surface area contributed by atoms with Crippen LogP contribution in [0.1, 0.15) is 69.7 Å².